The number of halogens is 2. The van der Waals surface area contributed by atoms with Crippen LogP contribution in [0.15, 0.2) is 40.9 Å². The van der Waals surface area contributed by atoms with Gasteiger partial charge >= 0.3 is 0 Å². The van der Waals surface area contributed by atoms with Crippen LogP contribution in [0.25, 0.3) is 0 Å². The van der Waals surface area contributed by atoms with Gasteiger partial charge in [-0.1, -0.05) is 33.6 Å². The number of nitrogens with zero attached hydrogens (tertiary/aromatic N) is 1. The summed E-state index contributed by atoms with van der Waals surface area (Å²) < 4.78 is 0.791. The summed E-state index contributed by atoms with van der Waals surface area (Å²) in [4.78, 5) is 25.8. The number of carbonyl (C=O) groups is 2. The molecule has 24 heavy (non-hydrogen) atoms. The summed E-state index contributed by atoms with van der Waals surface area (Å²) >= 11 is 9.44. The van der Waals surface area contributed by atoms with E-state index >= 15 is 0 Å². The van der Waals surface area contributed by atoms with E-state index < -0.39 is 0 Å². The van der Waals surface area contributed by atoms with E-state index in [9.17, 15) is 9.59 Å². The van der Waals surface area contributed by atoms with E-state index in [4.69, 9.17) is 11.6 Å². The van der Waals surface area contributed by atoms with Crippen molar-refractivity contribution in [2.45, 2.75) is 19.9 Å². The molecule has 1 N–H and O–H groups in total. The molecule has 0 saturated carbocycles. The first kappa shape index (κ1) is 17.0. The van der Waals surface area contributed by atoms with Crippen molar-refractivity contribution in [1.29, 1.82) is 0 Å². The monoisotopic (exact) mass is 406 g/mol. The Balaban J connectivity index is 1.81. The van der Waals surface area contributed by atoms with Crippen molar-refractivity contribution in [3.05, 3.63) is 62.6 Å². The second-order valence-corrected chi connectivity index (χ2v) is 7.08. The number of rotatable bonds is 2. The maximum absolute atomic E-state index is 12.4. The Hall–Kier alpha value is -1.85. The number of carbonyl (C=O) groups excluding carboxylic acids is 2. The summed E-state index contributed by atoms with van der Waals surface area (Å²) in [7, 11) is 0. The van der Waals surface area contributed by atoms with Gasteiger partial charge in [0, 0.05) is 30.2 Å². The van der Waals surface area contributed by atoms with Crippen LogP contribution in [0.1, 0.15) is 28.4 Å². The molecule has 0 atom stereocenters. The van der Waals surface area contributed by atoms with Crippen LogP contribution in [-0.4, -0.2) is 23.3 Å². The van der Waals surface area contributed by atoms with Crippen LogP contribution < -0.4 is 5.32 Å². The number of amides is 2. The van der Waals surface area contributed by atoms with Crippen LogP contribution in [0.2, 0.25) is 5.02 Å². The molecule has 1 aliphatic rings. The molecule has 1 heterocycles. The first-order chi connectivity index (χ1) is 11.4. The fourth-order valence-electron chi connectivity index (χ4n) is 2.77. The minimum Gasteiger partial charge on any atom is -0.338 e. The predicted octanol–water partition coefficient (Wildman–Crippen LogP) is 4.26. The molecule has 6 heteroatoms. The molecule has 0 spiro atoms. The minimum atomic E-state index is -0.263. The topological polar surface area (TPSA) is 49.4 Å². The Morgan fingerprint density at radius 1 is 1.17 bits per heavy atom. The number of nitrogens with one attached hydrogen (secondary N) is 1. The smallest absolute Gasteiger partial charge is 0.257 e. The normalized spacial score (nSPS) is 13.4. The van der Waals surface area contributed by atoms with Crippen LogP contribution >= 0.6 is 27.5 Å². The van der Waals surface area contributed by atoms with Gasteiger partial charge in [0.05, 0.1) is 10.6 Å². The Labute approximate surface area is 153 Å². The van der Waals surface area contributed by atoms with E-state index in [0.717, 1.165) is 23.0 Å². The second-order valence-electron chi connectivity index (χ2n) is 5.75. The first-order valence-corrected chi connectivity index (χ1v) is 8.75. The van der Waals surface area contributed by atoms with Gasteiger partial charge in [0.1, 0.15) is 0 Å². The molecule has 0 aliphatic carbocycles. The molecule has 3 rings (SSSR count). The summed E-state index contributed by atoms with van der Waals surface area (Å²) in [6.07, 6.45) is 0.834. The highest BCUT2D eigenvalue weighted by Gasteiger charge is 2.19. The SMILES string of the molecule is CC(=O)N1CCc2ccc(NC(=O)c3cc(Br)ccc3Cl)cc2C1. The molecule has 0 unspecified atom stereocenters. The Kier molecular flexibility index (Phi) is 4.92. The number of benzene rings is 2. The predicted molar refractivity (Wildman–Crippen MR) is 98.3 cm³/mol. The van der Waals surface area contributed by atoms with Crippen molar-refractivity contribution in [2.75, 3.05) is 11.9 Å². The van der Waals surface area contributed by atoms with E-state index in [2.05, 4.69) is 21.2 Å². The number of hydrogen-bond donors (Lipinski definition) is 1. The molecule has 2 aromatic carbocycles. The molecule has 0 aromatic heterocycles. The summed E-state index contributed by atoms with van der Waals surface area (Å²) in [5.74, 6) is -0.198. The zero-order chi connectivity index (χ0) is 17.3. The van der Waals surface area contributed by atoms with E-state index in [-0.39, 0.29) is 11.8 Å². The van der Waals surface area contributed by atoms with Crippen LogP contribution in [0.3, 0.4) is 0 Å². The zero-order valence-corrected chi connectivity index (χ0v) is 15.4. The average molecular weight is 408 g/mol. The Morgan fingerprint density at radius 3 is 2.71 bits per heavy atom. The minimum absolute atomic E-state index is 0.0657. The molecule has 0 fully saturated rings. The van der Waals surface area contributed by atoms with Crippen molar-refractivity contribution in [1.82, 2.24) is 4.90 Å². The van der Waals surface area contributed by atoms with Gasteiger partial charge in [-0.05, 0) is 47.9 Å². The molecule has 1 aliphatic heterocycles. The van der Waals surface area contributed by atoms with Crippen LogP contribution in [0, 0.1) is 0 Å². The highest BCUT2D eigenvalue weighted by molar-refractivity contribution is 9.10. The van der Waals surface area contributed by atoms with E-state index in [1.54, 1.807) is 30.0 Å². The van der Waals surface area contributed by atoms with Gasteiger partial charge < -0.3 is 10.2 Å². The summed E-state index contributed by atoms with van der Waals surface area (Å²) in [5, 5.41) is 3.27. The van der Waals surface area contributed by atoms with E-state index in [0.29, 0.717) is 22.8 Å². The quantitative estimate of drug-likeness (QED) is 0.808. The van der Waals surface area contributed by atoms with Crippen molar-refractivity contribution in [3.63, 3.8) is 0 Å². The lowest BCUT2D eigenvalue weighted by molar-refractivity contribution is -0.129. The van der Waals surface area contributed by atoms with Gasteiger partial charge in [-0.3, -0.25) is 9.59 Å². The molecular weight excluding hydrogens is 392 g/mol. The molecule has 0 radical (unpaired) electrons. The molecule has 124 valence electrons. The van der Waals surface area contributed by atoms with Crippen molar-refractivity contribution >= 4 is 45.0 Å². The molecule has 2 amide bonds. The summed E-state index contributed by atoms with van der Waals surface area (Å²) in [6.45, 7) is 2.89. The third-order valence-corrected chi connectivity index (χ3v) is 4.92. The Bertz CT molecular complexity index is 823. The van der Waals surface area contributed by atoms with Crippen LogP contribution in [-0.2, 0) is 17.8 Å². The third-order valence-electron chi connectivity index (χ3n) is 4.09. The standard InChI is InChI=1S/C18H16BrClN2O2/c1-11(23)22-7-6-12-2-4-15(8-13(12)10-22)21-18(24)16-9-14(19)3-5-17(16)20/h2-5,8-9H,6-7,10H2,1H3,(H,21,24). The molecule has 2 aromatic rings. The first-order valence-electron chi connectivity index (χ1n) is 7.58. The van der Waals surface area contributed by atoms with Gasteiger partial charge in [0.25, 0.3) is 5.91 Å². The van der Waals surface area contributed by atoms with Gasteiger partial charge in [0.15, 0.2) is 0 Å². The highest BCUT2D eigenvalue weighted by Crippen LogP contribution is 2.25. The van der Waals surface area contributed by atoms with Gasteiger partial charge in [-0.2, -0.15) is 0 Å². The lowest BCUT2D eigenvalue weighted by atomic mass is 9.99. The van der Waals surface area contributed by atoms with Crippen molar-refractivity contribution < 1.29 is 9.59 Å². The van der Waals surface area contributed by atoms with E-state index in [1.807, 2.05) is 18.2 Å². The Morgan fingerprint density at radius 2 is 1.96 bits per heavy atom. The average Bonchev–Trinajstić information content (AvgIpc) is 2.56. The number of hydrogen-bond acceptors (Lipinski definition) is 2. The second kappa shape index (κ2) is 6.95. The fourth-order valence-corrected chi connectivity index (χ4v) is 3.34. The lowest BCUT2D eigenvalue weighted by Crippen LogP contribution is -2.34. The zero-order valence-electron chi connectivity index (χ0n) is 13.1. The van der Waals surface area contributed by atoms with Gasteiger partial charge in [0.2, 0.25) is 5.91 Å². The fraction of sp³-hybridized carbons (Fsp3) is 0.222. The van der Waals surface area contributed by atoms with Crippen molar-refractivity contribution in [2.24, 2.45) is 0 Å². The largest absolute Gasteiger partial charge is 0.338 e. The van der Waals surface area contributed by atoms with Gasteiger partial charge in [-0.25, -0.2) is 0 Å². The molecule has 0 saturated heterocycles. The van der Waals surface area contributed by atoms with Crippen LogP contribution in [0.5, 0.6) is 0 Å². The molecule has 4 nitrogen and oxygen atoms in total. The van der Waals surface area contributed by atoms with Gasteiger partial charge in [-0.15, -0.1) is 0 Å². The third kappa shape index (κ3) is 3.62. The lowest BCUT2D eigenvalue weighted by Gasteiger charge is -2.28. The maximum atomic E-state index is 12.4. The maximum Gasteiger partial charge on any atom is 0.257 e. The molecular formula is C18H16BrClN2O2. The molecule has 0 bridgehead atoms. The summed E-state index contributed by atoms with van der Waals surface area (Å²) in [5.41, 5.74) is 3.38. The number of anilines is 1. The number of fused-ring (bicyclic) bond motifs is 1. The van der Waals surface area contributed by atoms with Crippen molar-refractivity contribution in [3.8, 4) is 0 Å². The van der Waals surface area contributed by atoms with E-state index in [1.165, 1.54) is 5.56 Å². The highest BCUT2D eigenvalue weighted by atomic mass is 79.9. The van der Waals surface area contributed by atoms with Crippen LogP contribution in [0.4, 0.5) is 5.69 Å². The summed E-state index contributed by atoms with van der Waals surface area (Å²) in [6, 6.07) is 11.0.